The van der Waals surface area contributed by atoms with Crippen molar-refractivity contribution in [3.8, 4) is 0 Å². The molecule has 0 radical (unpaired) electrons. The fourth-order valence-electron chi connectivity index (χ4n) is 3.94. The van der Waals surface area contributed by atoms with E-state index in [1.807, 2.05) is 0 Å². The van der Waals surface area contributed by atoms with Crippen LogP contribution in [0.4, 0.5) is 0 Å². The van der Waals surface area contributed by atoms with Gasteiger partial charge in [0.2, 0.25) is 11.7 Å². The van der Waals surface area contributed by atoms with E-state index in [1.54, 1.807) is 23.8 Å². The monoisotopic (exact) mass is 338 g/mol. The number of rotatable bonds is 2. The largest absolute Gasteiger partial charge is 0.491 e. The number of hydrogen-bond donors (Lipinski definition) is 1. The summed E-state index contributed by atoms with van der Waals surface area (Å²) in [7, 11) is 1.66. The van der Waals surface area contributed by atoms with Crippen LogP contribution in [0.15, 0.2) is 11.5 Å². The number of amides is 2. The molecular weight excluding hydrogens is 316 g/mol. The van der Waals surface area contributed by atoms with E-state index in [-0.39, 0.29) is 24.0 Å². The normalized spacial score (nSPS) is 26.4. The van der Waals surface area contributed by atoms with Gasteiger partial charge in [-0.3, -0.25) is 14.4 Å². The molecule has 1 unspecified atom stereocenters. The molecule has 132 valence electrons. The summed E-state index contributed by atoms with van der Waals surface area (Å²) in [4.78, 5) is 39.4. The molecule has 0 aromatic heterocycles. The van der Waals surface area contributed by atoms with E-state index in [0.29, 0.717) is 44.9 Å². The highest BCUT2D eigenvalue weighted by atomic mass is 16.6. The second-order valence-electron chi connectivity index (χ2n) is 6.53. The van der Waals surface area contributed by atoms with Gasteiger partial charge >= 0.3 is 5.97 Å². The van der Waals surface area contributed by atoms with Crippen LogP contribution in [0.1, 0.15) is 26.2 Å². The van der Waals surface area contributed by atoms with Crippen molar-refractivity contribution < 1.29 is 29.0 Å². The summed E-state index contributed by atoms with van der Waals surface area (Å²) in [5.74, 6) is -1.35. The van der Waals surface area contributed by atoms with Crippen molar-refractivity contribution in [2.24, 2.45) is 5.92 Å². The Bertz CT molecular complexity index is 606. The van der Waals surface area contributed by atoms with Crippen LogP contribution in [0.2, 0.25) is 0 Å². The van der Waals surface area contributed by atoms with Crippen LogP contribution in [0, 0.1) is 5.92 Å². The third kappa shape index (κ3) is 2.50. The minimum Gasteiger partial charge on any atom is -0.491 e. The molecule has 3 heterocycles. The van der Waals surface area contributed by atoms with E-state index >= 15 is 0 Å². The summed E-state index contributed by atoms with van der Waals surface area (Å²) in [6.45, 7) is 3.25. The van der Waals surface area contributed by atoms with Crippen molar-refractivity contribution in [3.63, 3.8) is 0 Å². The number of aliphatic carboxylic acids is 1. The van der Waals surface area contributed by atoms with E-state index < -0.39 is 17.4 Å². The summed E-state index contributed by atoms with van der Waals surface area (Å²) >= 11 is 0. The van der Waals surface area contributed by atoms with Crippen molar-refractivity contribution in [3.05, 3.63) is 11.5 Å². The molecule has 24 heavy (non-hydrogen) atoms. The molecule has 3 rings (SSSR count). The van der Waals surface area contributed by atoms with Gasteiger partial charge in [-0.1, -0.05) is 0 Å². The number of nitrogens with zero attached hydrogens (tertiary/aromatic N) is 2. The first-order valence-electron chi connectivity index (χ1n) is 8.12. The van der Waals surface area contributed by atoms with Crippen LogP contribution in [0.25, 0.3) is 0 Å². The van der Waals surface area contributed by atoms with Gasteiger partial charge in [-0.15, -0.1) is 0 Å². The number of hydrogen-bond acceptors (Lipinski definition) is 5. The molecule has 0 aromatic rings. The number of ether oxygens (including phenoxy) is 2. The smallest absolute Gasteiger partial charge is 0.309 e. The van der Waals surface area contributed by atoms with Crippen molar-refractivity contribution in [1.29, 1.82) is 0 Å². The number of carboxylic acids is 1. The van der Waals surface area contributed by atoms with Crippen molar-refractivity contribution in [2.75, 3.05) is 33.4 Å². The molecule has 8 heteroatoms. The van der Waals surface area contributed by atoms with Crippen LogP contribution < -0.4 is 0 Å². The Morgan fingerprint density at radius 2 is 1.83 bits per heavy atom. The lowest BCUT2D eigenvalue weighted by atomic mass is 9.77. The predicted octanol–water partition coefficient (Wildman–Crippen LogP) is 0.189. The molecule has 2 fully saturated rings. The molecular formula is C16H22N2O6. The summed E-state index contributed by atoms with van der Waals surface area (Å²) < 4.78 is 10.8. The van der Waals surface area contributed by atoms with Gasteiger partial charge in [-0.2, -0.15) is 0 Å². The summed E-state index contributed by atoms with van der Waals surface area (Å²) in [6, 6.07) is 0. The lowest BCUT2D eigenvalue weighted by molar-refractivity contribution is -0.147. The second-order valence-corrected chi connectivity index (χ2v) is 6.53. The fourth-order valence-corrected chi connectivity index (χ4v) is 3.94. The molecule has 1 spiro atoms. The maximum absolute atomic E-state index is 12.6. The first-order chi connectivity index (χ1) is 11.4. The first-order valence-corrected chi connectivity index (χ1v) is 8.12. The van der Waals surface area contributed by atoms with Crippen LogP contribution in [-0.4, -0.2) is 71.6 Å². The minimum absolute atomic E-state index is 0.0288. The molecule has 0 saturated carbocycles. The standard InChI is InChI=1S/C16H22N2O6/c1-10-13(24-8-7-23-10)14(20)18-5-3-16(4-6-18)11(15(21)22)9-12(19)17(16)2/h11H,3-9H2,1-2H3,(H,21,22). The SMILES string of the molecule is CC1=C(C(=O)N2CCC3(CC2)C(C(=O)O)CC(=O)N3C)OCCO1. The topological polar surface area (TPSA) is 96.4 Å². The summed E-state index contributed by atoms with van der Waals surface area (Å²) in [5, 5.41) is 9.48. The van der Waals surface area contributed by atoms with Crippen molar-refractivity contribution >= 4 is 17.8 Å². The van der Waals surface area contributed by atoms with Gasteiger partial charge in [0, 0.05) is 26.6 Å². The average Bonchev–Trinajstić information content (AvgIpc) is 2.81. The number of carbonyl (C=O) groups is 3. The van der Waals surface area contributed by atoms with Gasteiger partial charge in [0.15, 0.2) is 0 Å². The molecule has 3 aliphatic rings. The quantitative estimate of drug-likeness (QED) is 0.772. The predicted molar refractivity (Wildman–Crippen MR) is 81.7 cm³/mol. The van der Waals surface area contributed by atoms with Crippen LogP contribution >= 0.6 is 0 Å². The summed E-state index contributed by atoms with van der Waals surface area (Å²) in [6.07, 6.45) is 0.928. The van der Waals surface area contributed by atoms with Crippen molar-refractivity contribution in [2.45, 2.75) is 31.7 Å². The van der Waals surface area contributed by atoms with Crippen LogP contribution in [0.5, 0.6) is 0 Å². The summed E-state index contributed by atoms with van der Waals surface area (Å²) in [5.41, 5.74) is -0.701. The molecule has 0 aromatic carbocycles. The third-order valence-corrected chi connectivity index (χ3v) is 5.45. The highest BCUT2D eigenvalue weighted by molar-refractivity contribution is 5.92. The number of piperidine rings is 1. The molecule has 1 atom stereocenters. The molecule has 3 aliphatic heterocycles. The van der Waals surface area contributed by atoms with Gasteiger partial charge in [0.25, 0.3) is 5.91 Å². The highest BCUT2D eigenvalue weighted by Crippen LogP contribution is 2.43. The van der Waals surface area contributed by atoms with E-state index in [2.05, 4.69) is 0 Å². The average molecular weight is 338 g/mol. The van der Waals surface area contributed by atoms with Gasteiger partial charge in [-0.05, 0) is 19.8 Å². The lowest BCUT2D eigenvalue weighted by Gasteiger charge is -2.45. The number of carboxylic acid groups (broad SMARTS) is 1. The van der Waals surface area contributed by atoms with Gasteiger partial charge in [0.1, 0.15) is 19.0 Å². The zero-order valence-electron chi connectivity index (χ0n) is 13.9. The molecule has 1 N–H and O–H groups in total. The zero-order chi connectivity index (χ0) is 17.5. The zero-order valence-corrected chi connectivity index (χ0v) is 13.9. The molecule has 0 aliphatic carbocycles. The molecule has 2 amide bonds. The van der Waals surface area contributed by atoms with Gasteiger partial charge < -0.3 is 24.4 Å². The van der Waals surface area contributed by atoms with Gasteiger partial charge in [-0.25, -0.2) is 0 Å². The second kappa shape index (κ2) is 5.99. The Hall–Kier alpha value is -2.25. The lowest BCUT2D eigenvalue weighted by Crippen LogP contribution is -2.57. The highest BCUT2D eigenvalue weighted by Gasteiger charge is 2.55. The Morgan fingerprint density at radius 3 is 2.42 bits per heavy atom. The maximum atomic E-state index is 12.6. The van der Waals surface area contributed by atoms with Gasteiger partial charge in [0.05, 0.1) is 11.5 Å². The Morgan fingerprint density at radius 1 is 1.21 bits per heavy atom. The molecule has 2 saturated heterocycles. The Kier molecular flexibility index (Phi) is 4.15. The number of allylic oxidation sites excluding steroid dienone is 1. The molecule has 8 nitrogen and oxygen atoms in total. The Balaban J connectivity index is 1.74. The molecule has 0 bridgehead atoms. The number of likely N-dealkylation sites (tertiary alicyclic amines) is 2. The van der Waals surface area contributed by atoms with Crippen LogP contribution in [-0.2, 0) is 23.9 Å². The minimum atomic E-state index is -0.949. The maximum Gasteiger partial charge on any atom is 0.309 e. The van der Waals surface area contributed by atoms with Crippen molar-refractivity contribution in [1.82, 2.24) is 9.80 Å². The van der Waals surface area contributed by atoms with E-state index in [9.17, 15) is 19.5 Å². The van der Waals surface area contributed by atoms with E-state index in [4.69, 9.17) is 9.47 Å². The van der Waals surface area contributed by atoms with E-state index in [1.165, 1.54) is 0 Å². The number of carbonyl (C=O) groups excluding carboxylic acids is 2. The fraction of sp³-hybridized carbons (Fsp3) is 0.688. The van der Waals surface area contributed by atoms with Crippen LogP contribution in [0.3, 0.4) is 0 Å². The van der Waals surface area contributed by atoms with E-state index in [0.717, 1.165) is 0 Å². The first kappa shape index (κ1) is 16.6. The Labute approximate surface area is 140 Å². The third-order valence-electron chi connectivity index (χ3n) is 5.45.